The predicted octanol–water partition coefficient (Wildman–Crippen LogP) is 3.15. The summed E-state index contributed by atoms with van der Waals surface area (Å²) in [5, 5.41) is 5.29. The summed E-state index contributed by atoms with van der Waals surface area (Å²) in [4.78, 5) is 26.0. The standard InChI is InChI=1S/C21H25N5O2/c1-13-8-14(2)10-17(9-13)20(28)26(21(3,4)5)24-19(27)15-6-7-16-12-22-25-23-18(16)11-15/h6-12,23,25H,1-5H3,(H,24,27). The second kappa shape index (κ2) is 7.34. The van der Waals surface area contributed by atoms with Crippen molar-refractivity contribution < 1.29 is 9.59 Å². The highest BCUT2D eigenvalue weighted by atomic mass is 16.2. The molecular formula is C21H25N5O2. The average molecular weight is 379 g/mol. The lowest BCUT2D eigenvalue weighted by atomic mass is 10.0. The molecule has 0 saturated heterocycles. The van der Waals surface area contributed by atoms with Gasteiger partial charge in [0, 0.05) is 16.7 Å². The molecule has 146 valence electrons. The van der Waals surface area contributed by atoms with Crippen molar-refractivity contribution in [2.45, 2.75) is 40.2 Å². The van der Waals surface area contributed by atoms with E-state index in [4.69, 9.17) is 0 Å². The minimum Gasteiger partial charge on any atom is -0.284 e. The third-order valence-corrected chi connectivity index (χ3v) is 4.33. The van der Waals surface area contributed by atoms with Crippen molar-refractivity contribution in [1.29, 1.82) is 0 Å². The van der Waals surface area contributed by atoms with Gasteiger partial charge in [-0.1, -0.05) is 23.3 Å². The second-order valence-electron chi connectivity index (χ2n) is 7.93. The van der Waals surface area contributed by atoms with Crippen molar-refractivity contribution in [3.8, 4) is 0 Å². The quantitative estimate of drug-likeness (QED) is 0.700. The topological polar surface area (TPSA) is 85.8 Å². The SMILES string of the molecule is Cc1cc(C)cc(C(=O)N(NC(=O)c2ccc3c(c2)NNN=C3)C(C)(C)C)c1. The maximum atomic E-state index is 13.2. The van der Waals surface area contributed by atoms with Crippen LogP contribution in [-0.4, -0.2) is 28.6 Å². The fourth-order valence-electron chi connectivity index (χ4n) is 3.03. The van der Waals surface area contributed by atoms with Gasteiger partial charge in [-0.15, -0.1) is 0 Å². The van der Waals surface area contributed by atoms with Crippen LogP contribution in [0.5, 0.6) is 0 Å². The number of rotatable bonds is 2. The highest BCUT2D eigenvalue weighted by Crippen LogP contribution is 2.20. The fourth-order valence-corrected chi connectivity index (χ4v) is 3.03. The van der Waals surface area contributed by atoms with Crippen molar-refractivity contribution in [2.24, 2.45) is 5.10 Å². The number of hydrazine groups is 2. The van der Waals surface area contributed by atoms with E-state index in [1.165, 1.54) is 5.01 Å². The molecule has 1 aliphatic rings. The molecule has 0 aliphatic carbocycles. The van der Waals surface area contributed by atoms with Crippen LogP contribution in [0.1, 0.15) is 58.2 Å². The van der Waals surface area contributed by atoms with E-state index >= 15 is 0 Å². The zero-order valence-electron chi connectivity index (χ0n) is 16.8. The number of carbonyl (C=O) groups excluding carboxylic acids is 2. The first-order valence-electron chi connectivity index (χ1n) is 9.07. The molecule has 1 aliphatic heterocycles. The summed E-state index contributed by atoms with van der Waals surface area (Å²) in [6.45, 7) is 9.52. The molecule has 0 fully saturated rings. The number of anilines is 1. The third kappa shape index (κ3) is 4.14. The van der Waals surface area contributed by atoms with E-state index in [0.29, 0.717) is 11.1 Å². The van der Waals surface area contributed by atoms with Gasteiger partial charge in [0.1, 0.15) is 0 Å². The van der Waals surface area contributed by atoms with Gasteiger partial charge in [-0.3, -0.25) is 20.4 Å². The Bertz CT molecular complexity index is 940. The largest absolute Gasteiger partial charge is 0.284 e. The summed E-state index contributed by atoms with van der Waals surface area (Å²) < 4.78 is 0. The van der Waals surface area contributed by atoms with Crippen molar-refractivity contribution in [3.63, 3.8) is 0 Å². The zero-order chi connectivity index (χ0) is 20.5. The zero-order valence-corrected chi connectivity index (χ0v) is 16.8. The molecule has 2 aromatic rings. The lowest BCUT2D eigenvalue weighted by molar-refractivity contribution is 0.0358. The molecule has 28 heavy (non-hydrogen) atoms. The second-order valence-corrected chi connectivity index (χ2v) is 7.93. The first-order chi connectivity index (χ1) is 13.1. The van der Waals surface area contributed by atoms with Gasteiger partial charge < -0.3 is 0 Å². The normalized spacial score (nSPS) is 12.5. The molecule has 0 bridgehead atoms. The monoisotopic (exact) mass is 379 g/mol. The Labute approximate surface area is 164 Å². The Morgan fingerprint density at radius 1 is 1.00 bits per heavy atom. The summed E-state index contributed by atoms with van der Waals surface area (Å²) in [7, 11) is 0. The molecule has 7 heteroatoms. The number of aryl methyl sites for hydroxylation is 2. The highest BCUT2D eigenvalue weighted by Gasteiger charge is 2.30. The molecule has 7 nitrogen and oxygen atoms in total. The lowest BCUT2D eigenvalue weighted by Crippen LogP contribution is -2.55. The van der Waals surface area contributed by atoms with Crippen LogP contribution in [0.25, 0.3) is 0 Å². The van der Waals surface area contributed by atoms with Gasteiger partial charge in [-0.25, -0.2) is 10.5 Å². The number of hydrogen-bond acceptors (Lipinski definition) is 5. The van der Waals surface area contributed by atoms with Gasteiger partial charge in [0.2, 0.25) is 0 Å². The number of amides is 2. The predicted molar refractivity (Wildman–Crippen MR) is 110 cm³/mol. The molecule has 0 saturated carbocycles. The number of nitrogens with zero attached hydrogens (tertiary/aromatic N) is 2. The number of carbonyl (C=O) groups is 2. The van der Waals surface area contributed by atoms with Gasteiger partial charge in [0.05, 0.1) is 17.4 Å². The van der Waals surface area contributed by atoms with E-state index in [9.17, 15) is 9.59 Å². The van der Waals surface area contributed by atoms with Crippen molar-refractivity contribution in [1.82, 2.24) is 16.0 Å². The Morgan fingerprint density at radius 3 is 2.32 bits per heavy atom. The van der Waals surface area contributed by atoms with Gasteiger partial charge in [0.15, 0.2) is 0 Å². The summed E-state index contributed by atoms with van der Waals surface area (Å²) in [6.07, 6.45) is 1.67. The van der Waals surface area contributed by atoms with Crippen molar-refractivity contribution in [3.05, 3.63) is 64.2 Å². The minimum absolute atomic E-state index is 0.252. The number of fused-ring (bicyclic) bond motifs is 1. The van der Waals surface area contributed by atoms with Crippen molar-refractivity contribution in [2.75, 3.05) is 5.43 Å². The molecule has 2 amide bonds. The number of hydrogen-bond donors (Lipinski definition) is 3. The van der Waals surface area contributed by atoms with E-state index < -0.39 is 5.54 Å². The number of nitrogens with one attached hydrogen (secondary N) is 3. The Morgan fingerprint density at radius 2 is 1.68 bits per heavy atom. The summed E-state index contributed by atoms with van der Waals surface area (Å²) >= 11 is 0. The molecule has 2 aromatic carbocycles. The minimum atomic E-state index is -0.606. The Hall–Kier alpha value is -3.35. The summed E-state index contributed by atoms with van der Waals surface area (Å²) in [6, 6.07) is 10.9. The van der Waals surface area contributed by atoms with Crippen LogP contribution in [0.15, 0.2) is 41.5 Å². The average Bonchev–Trinajstić information content (AvgIpc) is 2.63. The molecule has 0 atom stereocenters. The van der Waals surface area contributed by atoms with E-state index in [2.05, 4.69) is 21.5 Å². The molecule has 0 aromatic heterocycles. The third-order valence-electron chi connectivity index (χ3n) is 4.33. The first-order valence-corrected chi connectivity index (χ1v) is 9.07. The van der Waals surface area contributed by atoms with Crippen LogP contribution >= 0.6 is 0 Å². The van der Waals surface area contributed by atoms with E-state index in [1.807, 2.05) is 52.8 Å². The first kappa shape index (κ1) is 19.4. The van der Waals surface area contributed by atoms with Crippen LogP contribution in [-0.2, 0) is 0 Å². The van der Waals surface area contributed by atoms with Gasteiger partial charge >= 0.3 is 0 Å². The van der Waals surface area contributed by atoms with Crippen LogP contribution in [0.4, 0.5) is 5.69 Å². The van der Waals surface area contributed by atoms with Crippen LogP contribution in [0.3, 0.4) is 0 Å². The fraction of sp³-hybridized carbons (Fsp3) is 0.286. The maximum Gasteiger partial charge on any atom is 0.272 e. The van der Waals surface area contributed by atoms with E-state index in [0.717, 1.165) is 22.4 Å². The smallest absolute Gasteiger partial charge is 0.272 e. The van der Waals surface area contributed by atoms with E-state index in [-0.39, 0.29) is 11.8 Å². The van der Waals surface area contributed by atoms with Gasteiger partial charge in [-0.05, 0) is 58.9 Å². The molecular weight excluding hydrogens is 354 g/mol. The molecule has 0 radical (unpaired) electrons. The Balaban J connectivity index is 1.88. The molecule has 0 unspecified atom stereocenters. The van der Waals surface area contributed by atoms with Gasteiger partial charge in [-0.2, -0.15) is 5.10 Å². The summed E-state index contributed by atoms with van der Waals surface area (Å²) in [5.74, 6) is -0.614. The number of hydrazone groups is 1. The lowest BCUT2D eigenvalue weighted by Gasteiger charge is -2.35. The summed E-state index contributed by atoms with van der Waals surface area (Å²) in [5.41, 5.74) is 12.3. The molecule has 0 spiro atoms. The highest BCUT2D eigenvalue weighted by molar-refractivity contribution is 6.01. The molecule has 3 rings (SSSR count). The van der Waals surface area contributed by atoms with Crippen molar-refractivity contribution >= 4 is 23.7 Å². The number of benzene rings is 2. The molecule has 1 heterocycles. The maximum absolute atomic E-state index is 13.2. The molecule has 3 N–H and O–H groups in total. The Kier molecular flexibility index (Phi) is 5.09. The van der Waals surface area contributed by atoms with Gasteiger partial charge in [0.25, 0.3) is 11.8 Å². The van der Waals surface area contributed by atoms with Crippen LogP contribution < -0.4 is 16.4 Å². The van der Waals surface area contributed by atoms with E-state index in [1.54, 1.807) is 24.4 Å². The van der Waals surface area contributed by atoms with Crippen LogP contribution in [0, 0.1) is 13.8 Å². The van der Waals surface area contributed by atoms with Crippen LogP contribution in [0.2, 0.25) is 0 Å².